The van der Waals surface area contributed by atoms with Gasteiger partial charge in [-0.3, -0.25) is 5.41 Å². The summed E-state index contributed by atoms with van der Waals surface area (Å²) in [6.45, 7) is 0. The smallest absolute Gasteiger partial charge is 0.128 e. The average Bonchev–Trinajstić information content (AvgIpc) is 2.84. The van der Waals surface area contributed by atoms with Crippen LogP contribution in [0, 0.1) is 5.41 Å². The summed E-state index contributed by atoms with van der Waals surface area (Å²) in [6, 6.07) is 13.9. The molecule has 0 radical (unpaired) electrons. The molecule has 1 heterocycles. The molecule has 1 aliphatic heterocycles. The second-order valence-electron chi connectivity index (χ2n) is 5.42. The molecule has 0 bridgehead atoms. The number of para-hydroxylation sites is 1. The third kappa shape index (κ3) is 2.44. The molecule has 112 valence electrons. The third-order valence-electron chi connectivity index (χ3n) is 3.77. The molecule has 0 fully saturated rings. The Kier molecular flexibility index (Phi) is 3.59. The highest BCUT2D eigenvalue weighted by Gasteiger charge is 2.20. The van der Waals surface area contributed by atoms with E-state index >= 15 is 0 Å². The van der Waals surface area contributed by atoms with Crippen LogP contribution in [0.1, 0.15) is 11.1 Å². The maximum Gasteiger partial charge on any atom is 0.128 e. The van der Waals surface area contributed by atoms with Crippen molar-refractivity contribution in [2.75, 3.05) is 31.4 Å². The van der Waals surface area contributed by atoms with Crippen molar-refractivity contribution >= 4 is 23.2 Å². The van der Waals surface area contributed by atoms with E-state index in [9.17, 15) is 0 Å². The van der Waals surface area contributed by atoms with Crippen molar-refractivity contribution in [3.63, 3.8) is 0 Å². The maximum absolute atomic E-state index is 8.30. The normalized spacial score (nSPS) is 14.7. The summed E-state index contributed by atoms with van der Waals surface area (Å²) in [6.07, 6.45) is 1.96. The second kappa shape index (κ2) is 5.56. The first-order valence-electron chi connectivity index (χ1n) is 7.12. The van der Waals surface area contributed by atoms with Crippen LogP contribution in [0.2, 0.25) is 0 Å². The lowest BCUT2D eigenvalue weighted by Gasteiger charge is -2.15. The monoisotopic (exact) mass is 293 g/mol. The van der Waals surface area contributed by atoms with Gasteiger partial charge in [0.1, 0.15) is 5.75 Å². The quantitative estimate of drug-likeness (QED) is 0.909. The Morgan fingerprint density at radius 2 is 1.91 bits per heavy atom. The summed E-state index contributed by atoms with van der Waals surface area (Å²) in [4.78, 5) is 2.03. The molecule has 2 N–H and O–H groups in total. The molecular weight excluding hydrogens is 274 g/mol. The minimum atomic E-state index is 0.509. The lowest BCUT2D eigenvalue weighted by atomic mass is 10.1. The lowest BCUT2D eigenvalue weighted by molar-refractivity contribution is 0.414. The summed E-state index contributed by atoms with van der Waals surface area (Å²) in [5, 5.41) is 11.6. The Hall–Kier alpha value is -2.75. The van der Waals surface area contributed by atoms with Crippen LogP contribution in [0.15, 0.2) is 48.2 Å². The van der Waals surface area contributed by atoms with E-state index < -0.39 is 0 Å². The number of nitrogens with zero attached hydrogens (tertiary/aromatic N) is 1. The lowest BCUT2D eigenvalue weighted by Crippen LogP contribution is -2.08. The van der Waals surface area contributed by atoms with E-state index in [2.05, 4.69) is 5.32 Å². The molecule has 0 spiro atoms. The number of nitrogens with one attached hydrogen (secondary N) is 2. The summed E-state index contributed by atoms with van der Waals surface area (Å²) in [7, 11) is 5.66. The minimum absolute atomic E-state index is 0.509. The predicted molar refractivity (Wildman–Crippen MR) is 92.2 cm³/mol. The van der Waals surface area contributed by atoms with Crippen molar-refractivity contribution in [2.45, 2.75) is 0 Å². The molecule has 4 nitrogen and oxygen atoms in total. The van der Waals surface area contributed by atoms with Gasteiger partial charge in [-0.1, -0.05) is 18.2 Å². The largest absolute Gasteiger partial charge is 0.496 e. The van der Waals surface area contributed by atoms with Gasteiger partial charge < -0.3 is 15.0 Å². The Balaban J connectivity index is 1.98. The fraction of sp³-hybridized carbons (Fsp3) is 0.167. The highest BCUT2D eigenvalue weighted by molar-refractivity contribution is 6.22. The zero-order valence-corrected chi connectivity index (χ0v) is 13.0. The van der Waals surface area contributed by atoms with Crippen LogP contribution < -0.4 is 15.0 Å². The Bertz CT molecular complexity index is 763. The molecule has 1 aliphatic rings. The molecule has 0 unspecified atom stereocenters. The van der Waals surface area contributed by atoms with Crippen LogP contribution in [0.3, 0.4) is 0 Å². The highest BCUT2D eigenvalue weighted by atomic mass is 16.5. The van der Waals surface area contributed by atoms with E-state index in [1.54, 1.807) is 7.11 Å². The molecular formula is C18H19N3O. The van der Waals surface area contributed by atoms with Gasteiger partial charge in [-0.25, -0.2) is 0 Å². The first kappa shape index (κ1) is 14.2. The van der Waals surface area contributed by atoms with Gasteiger partial charge in [0, 0.05) is 42.7 Å². The van der Waals surface area contributed by atoms with Crippen molar-refractivity contribution in [3.8, 4) is 5.75 Å². The van der Waals surface area contributed by atoms with Crippen molar-refractivity contribution < 1.29 is 4.74 Å². The van der Waals surface area contributed by atoms with E-state index in [-0.39, 0.29) is 0 Å². The number of fused-ring (bicyclic) bond motifs is 1. The van der Waals surface area contributed by atoms with Gasteiger partial charge in [0.25, 0.3) is 0 Å². The Morgan fingerprint density at radius 3 is 2.59 bits per heavy atom. The third-order valence-corrected chi connectivity index (χ3v) is 3.77. The molecule has 0 aliphatic carbocycles. The fourth-order valence-electron chi connectivity index (χ4n) is 2.52. The van der Waals surface area contributed by atoms with Crippen LogP contribution in [0.5, 0.6) is 5.75 Å². The second-order valence-corrected chi connectivity index (χ2v) is 5.42. The van der Waals surface area contributed by atoms with E-state index in [0.717, 1.165) is 33.9 Å². The van der Waals surface area contributed by atoms with Gasteiger partial charge >= 0.3 is 0 Å². The van der Waals surface area contributed by atoms with Gasteiger partial charge in [0.2, 0.25) is 0 Å². The Morgan fingerprint density at radius 1 is 1.14 bits per heavy atom. The van der Waals surface area contributed by atoms with Gasteiger partial charge in [0.05, 0.1) is 18.5 Å². The maximum atomic E-state index is 8.30. The van der Waals surface area contributed by atoms with Crippen LogP contribution in [-0.2, 0) is 0 Å². The number of ether oxygens (including phenoxy) is 1. The number of anilines is 2. The molecule has 2 aromatic rings. The molecule has 4 heteroatoms. The van der Waals surface area contributed by atoms with E-state index in [0.29, 0.717) is 5.71 Å². The Labute approximate surface area is 130 Å². The standard InChI is InChI=1S/C18H19N3O/c1-21(2)13-9-8-12(17(11-13)22-3)10-16-18(19)14-6-4-5-7-15(14)20-16/h4-11,19-20H,1-3H3. The molecule has 0 saturated heterocycles. The number of allylic oxidation sites excluding steroid dienone is 1. The summed E-state index contributed by atoms with van der Waals surface area (Å²) in [5.74, 6) is 0.796. The summed E-state index contributed by atoms with van der Waals surface area (Å²) in [5.41, 5.74) is 5.23. The van der Waals surface area contributed by atoms with Gasteiger partial charge in [-0.05, 0) is 24.3 Å². The molecule has 0 saturated carbocycles. The number of benzene rings is 2. The first-order chi connectivity index (χ1) is 10.6. The summed E-state index contributed by atoms with van der Waals surface area (Å²) < 4.78 is 5.49. The molecule has 0 aromatic heterocycles. The molecule has 2 aromatic carbocycles. The number of methoxy groups -OCH3 is 1. The van der Waals surface area contributed by atoms with Crippen molar-refractivity contribution in [3.05, 3.63) is 59.3 Å². The SMILES string of the molecule is COc1cc(N(C)C)ccc1C=C1Nc2ccccc2C1=N. The summed E-state index contributed by atoms with van der Waals surface area (Å²) >= 11 is 0. The van der Waals surface area contributed by atoms with Gasteiger partial charge in [0.15, 0.2) is 0 Å². The van der Waals surface area contributed by atoms with E-state index in [4.69, 9.17) is 10.1 Å². The average molecular weight is 293 g/mol. The van der Waals surface area contributed by atoms with Crippen LogP contribution in [-0.4, -0.2) is 26.9 Å². The topological polar surface area (TPSA) is 48.4 Å². The molecule has 3 rings (SSSR count). The number of rotatable bonds is 3. The minimum Gasteiger partial charge on any atom is -0.496 e. The van der Waals surface area contributed by atoms with Crippen molar-refractivity contribution in [1.82, 2.24) is 0 Å². The van der Waals surface area contributed by atoms with Crippen LogP contribution >= 0.6 is 0 Å². The van der Waals surface area contributed by atoms with Crippen molar-refractivity contribution in [2.24, 2.45) is 0 Å². The molecule has 0 amide bonds. The first-order valence-corrected chi connectivity index (χ1v) is 7.12. The van der Waals surface area contributed by atoms with Gasteiger partial charge in [-0.15, -0.1) is 0 Å². The predicted octanol–water partition coefficient (Wildman–Crippen LogP) is 3.60. The fourth-order valence-corrected chi connectivity index (χ4v) is 2.52. The highest BCUT2D eigenvalue weighted by Crippen LogP contribution is 2.31. The molecule has 0 atom stereocenters. The van der Waals surface area contributed by atoms with Gasteiger partial charge in [-0.2, -0.15) is 0 Å². The van der Waals surface area contributed by atoms with Crippen molar-refractivity contribution in [1.29, 1.82) is 5.41 Å². The van der Waals surface area contributed by atoms with E-state index in [1.807, 2.05) is 67.5 Å². The van der Waals surface area contributed by atoms with Crippen LogP contribution in [0.25, 0.3) is 6.08 Å². The number of hydrogen-bond donors (Lipinski definition) is 2. The van der Waals surface area contributed by atoms with E-state index in [1.165, 1.54) is 0 Å². The molecule has 22 heavy (non-hydrogen) atoms. The zero-order chi connectivity index (χ0) is 15.7. The van der Waals surface area contributed by atoms with Crippen LogP contribution in [0.4, 0.5) is 11.4 Å². The zero-order valence-electron chi connectivity index (χ0n) is 13.0. The number of hydrogen-bond acceptors (Lipinski definition) is 4.